The van der Waals surface area contributed by atoms with Gasteiger partial charge >= 0.3 is 0 Å². The lowest BCUT2D eigenvalue weighted by Crippen LogP contribution is -2.29. The number of hydrogen-bond acceptors (Lipinski definition) is 3. The maximum absolute atomic E-state index is 12.8. The summed E-state index contributed by atoms with van der Waals surface area (Å²) in [5, 5.41) is 5.82. The Morgan fingerprint density at radius 1 is 1.08 bits per heavy atom. The highest BCUT2D eigenvalue weighted by Gasteiger charge is 2.21. The minimum Gasteiger partial charge on any atom is -0.376 e. The number of carbonyl (C=O) groups excluding carboxylic acids is 2. The van der Waals surface area contributed by atoms with E-state index < -0.39 is 0 Å². The summed E-state index contributed by atoms with van der Waals surface area (Å²) in [6.07, 6.45) is 1.50. The Morgan fingerprint density at radius 2 is 1.80 bits per heavy atom. The van der Waals surface area contributed by atoms with Gasteiger partial charge in [0.15, 0.2) is 0 Å². The van der Waals surface area contributed by atoms with Crippen LogP contribution in [0.4, 0.5) is 15.8 Å². The maximum Gasteiger partial charge on any atom is 0.239 e. The van der Waals surface area contributed by atoms with Crippen LogP contribution in [-0.2, 0) is 16.1 Å². The number of nitrogens with zero attached hydrogens (tertiary/aromatic N) is 1. The molecule has 0 aliphatic carbocycles. The van der Waals surface area contributed by atoms with E-state index in [9.17, 15) is 14.0 Å². The fraction of sp³-hybridized carbons (Fsp3) is 0.263. The number of benzene rings is 2. The second-order valence-electron chi connectivity index (χ2n) is 5.95. The molecule has 1 aliphatic rings. The Kier molecular flexibility index (Phi) is 5.28. The van der Waals surface area contributed by atoms with Crippen LogP contribution in [0, 0.1) is 5.82 Å². The monoisotopic (exact) mass is 341 g/mol. The zero-order valence-electron chi connectivity index (χ0n) is 13.8. The zero-order valence-corrected chi connectivity index (χ0v) is 13.8. The quantitative estimate of drug-likeness (QED) is 0.849. The first-order valence-corrected chi connectivity index (χ1v) is 8.27. The Hall–Kier alpha value is -2.89. The normalized spacial score (nSPS) is 13.8. The summed E-state index contributed by atoms with van der Waals surface area (Å²) in [4.78, 5) is 25.4. The molecule has 0 aromatic heterocycles. The molecule has 0 bridgehead atoms. The molecule has 130 valence electrons. The molecule has 1 heterocycles. The van der Waals surface area contributed by atoms with Crippen LogP contribution in [0.3, 0.4) is 0 Å². The molecule has 1 fully saturated rings. The van der Waals surface area contributed by atoms with E-state index in [4.69, 9.17) is 0 Å². The molecular weight excluding hydrogens is 321 g/mol. The van der Waals surface area contributed by atoms with E-state index >= 15 is 0 Å². The first-order valence-electron chi connectivity index (χ1n) is 8.27. The highest BCUT2D eigenvalue weighted by Crippen LogP contribution is 2.22. The van der Waals surface area contributed by atoms with Crippen LogP contribution in [0.15, 0.2) is 48.5 Å². The predicted octanol–water partition coefficient (Wildman–Crippen LogP) is 2.68. The van der Waals surface area contributed by atoms with Gasteiger partial charge in [-0.3, -0.25) is 9.59 Å². The summed E-state index contributed by atoms with van der Waals surface area (Å²) in [6.45, 7) is 1.26. The summed E-state index contributed by atoms with van der Waals surface area (Å²) < 4.78 is 12.8. The van der Waals surface area contributed by atoms with E-state index in [1.54, 1.807) is 17.0 Å². The van der Waals surface area contributed by atoms with Gasteiger partial charge in [-0.1, -0.05) is 12.1 Å². The van der Waals surface area contributed by atoms with Crippen LogP contribution in [0.1, 0.15) is 18.4 Å². The van der Waals surface area contributed by atoms with Crippen LogP contribution in [-0.4, -0.2) is 24.9 Å². The third-order valence-electron chi connectivity index (χ3n) is 4.11. The number of anilines is 2. The van der Waals surface area contributed by atoms with Crippen LogP contribution >= 0.6 is 0 Å². The van der Waals surface area contributed by atoms with Crippen LogP contribution in [0.2, 0.25) is 0 Å². The van der Waals surface area contributed by atoms with Crippen LogP contribution in [0.25, 0.3) is 0 Å². The van der Waals surface area contributed by atoms with E-state index in [2.05, 4.69) is 10.6 Å². The SMILES string of the molecule is O=C(CNc1ccc(N2CCCC2=O)cc1)NCc1ccc(F)cc1. The molecule has 0 unspecified atom stereocenters. The van der Waals surface area contributed by atoms with E-state index in [0.717, 1.165) is 29.9 Å². The lowest BCUT2D eigenvalue weighted by molar-refractivity contribution is -0.119. The highest BCUT2D eigenvalue weighted by molar-refractivity contribution is 5.95. The second-order valence-corrected chi connectivity index (χ2v) is 5.95. The molecule has 2 aromatic carbocycles. The summed E-state index contributed by atoms with van der Waals surface area (Å²) in [6, 6.07) is 13.5. The van der Waals surface area contributed by atoms with Gasteiger partial charge in [0.1, 0.15) is 5.82 Å². The topological polar surface area (TPSA) is 61.4 Å². The molecule has 2 aromatic rings. The smallest absolute Gasteiger partial charge is 0.239 e. The van der Waals surface area contributed by atoms with Gasteiger partial charge in [-0.15, -0.1) is 0 Å². The third-order valence-corrected chi connectivity index (χ3v) is 4.11. The van der Waals surface area contributed by atoms with Gasteiger partial charge < -0.3 is 15.5 Å². The first-order chi connectivity index (χ1) is 12.1. The summed E-state index contributed by atoms with van der Waals surface area (Å²) in [5.41, 5.74) is 2.54. The number of carbonyl (C=O) groups is 2. The summed E-state index contributed by atoms with van der Waals surface area (Å²) >= 11 is 0. The Balaban J connectivity index is 1.45. The summed E-state index contributed by atoms with van der Waals surface area (Å²) in [5.74, 6) is -0.292. The molecule has 2 N–H and O–H groups in total. The number of rotatable bonds is 6. The first kappa shape index (κ1) is 17.0. The van der Waals surface area contributed by atoms with Gasteiger partial charge in [0.2, 0.25) is 11.8 Å². The van der Waals surface area contributed by atoms with Crippen molar-refractivity contribution >= 4 is 23.2 Å². The van der Waals surface area contributed by atoms with E-state index in [-0.39, 0.29) is 24.2 Å². The second kappa shape index (κ2) is 7.79. The summed E-state index contributed by atoms with van der Waals surface area (Å²) in [7, 11) is 0. The van der Waals surface area contributed by atoms with E-state index in [1.807, 2.05) is 24.3 Å². The number of hydrogen-bond donors (Lipinski definition) is 2. The van der Waals surface area contributed by atoms with Gasteiger partial charge in [0, 0.05) is 30.9 Å². The van der Waals surface area contributed by atoms with Crippen molar-refractivity contribution in [2.45, 2.75) is 19.4 Å². The molecule has 25 heavy (non-hydrogen) atoms. The average molecular weight is 341 g/mol. The molecule has 2 amide bonds. The molecule has 0 spiro atoms. The molecule has 1 aliphatic heterocycles. The molecule has 0 radical (unpaired) electrons. The molecule has 3 rings (SSSR count). The molecule has 5 nitrogen and oxygen atoms in total. The van der Waals surface area contributed by atoms with Gasteiger partial charge in [0.05, 0.1) is 6.54 Å². The van der Waals surface area contributed by atoms with E-state index in [1.165, 1.54) is 12.1 Å². The van der Waals surface area contributed by atoms with Crippen LogP contribution < -0.4 is 15.5 Å². The van der Waals surface area contributed by atoms with Gasteiger partial charge in [-0.2, -0.15) is 0 Å². The van der Waals surface area contributed by atoms with Crippen molar-refractivity contribution in [3.05, 3.63) is 59.9 Å². The van der Waals surface area contributed by atoms with Crippen molar-refractivity contribution in [1.29, 1.82) is 0 Å². The molecule has 0 atom stereocenters. The highest BCUT2D eigenvalue weighted by atomic mass is 19.1. The molecule has 1 saturated heterocycles. The third kappa shape index (κ3) is 4.56. The van der Waals surface area contributed by atoms with Crippen LogP contribution in [0.5, 0.6) is 0 Å². The Labute approximate surface area is 145 Å². The zero-order chi connectivity index (χ0) is 17.6. The van der Waals surface area contributed by atoms with Crippen molar-refractivity contribution < 1.29 is 14.0 Å². The Morgan fingerprint density at radius 3 is 2.44 bits per heavy atom. The molecular formula is C19H20FN3O2. The minimum atomic E-state index is -0.296. The Bertz CT molecular complexity index is 744. The maximum atomic E-state index is 12.8. The fourth-order valence-corrected chi connectivity index (χ4v) is 2.73. The lowest BCUT2D eigenvalue weighted by Gasteiger charge is -2.16. The largest absolute Gasteiger partial charge is 0.376 e. The average Bonchev–Trinajstić information content (AvgIpc) is 3.06. The van der Waals surface area contributed by atoms with Crippen molar-refractivity contribution in [2.24, 2.45) is 0 Å². The van der Waals surface area contributed by atoms with Crippen molar-refractivity contribution in [1.82, 2.24) is 5.32 Å². The molecule has 6 heteroatoms. The predicted molar refractivity (Wildman–Crippen MR) is 94.8 cm³/mol. The van der Waals surface area contributed by atoms with Crippen molar-refractivity contribution in [2.75, 3.05) is 23.3 Å². The number of amides is 2. The molecule has 0 saturated carbocycles. The van der Waals surface area contributed by atoms with Gasteiger partial charge in [-0.05, 0) is 48.4 Å². The number of nitrogens with one attached hydrogen (secondary N) is 2. The standard InChI is InChI=1S/C19H20FN3O2/c20-15-5-3-14(4-6-15)12-22-18(24)13-21-16-7-9-17(10-8-16)23-11-1-2-19(23)25/h3-10,21H,1-2,11-13H2,(H,22,24). The fourth-order valence-electron chi connectivity index (χ4n) is 2.73. The van der Waals surface area contributed by atoms with Gasteiger partial charge in [-0.25, -0.2) is 4.39 Å². The van der Waals surface area contributed by atoms with Crippen molar-refractivity contribution in [3.63, 3.8) is 0 Å². The van der Waals surface area contributed by atoms with E-state index in [0.29, 0.717) is 13.0 Å². The van der Waals surface area contributed by atoms with Gasteiger partial charge in [0.25, 0.3) is 0 Å². The lowest BCUT2D eigenvalue weighted by atomic mass is 10.2. The van der Waals surface area contributed by atoms with Crippen molar-refractivity contribution in [3.8, 4) is 0 Å². The number of halogens is 1. The minimum absolute atomic E-state index is 0.142.